The lowest BCUT2D eigenvalue weighted by Gasteiger charge is -2.28. The highest BCUT2D eigenvalue weighted by Crippen LogP contribution is 2.44. The highest BCUT2D eigenvalue weighted by atomic mass is 35.5. The maximum absolute atomic E-state index is 9.50. The normalized spacial score (nSPS) is 16.3. The number of rotatable bonds is 4. The van der Waals surface area contributed by atoms with E-state index in [0.717, 1.165) is 36.0 Å². The van der Waals surface area contributed by atoms with E-state index in [1.807, 2.05) is 18.2 Å². The molecule has 0 aliphatic heterocycles. The molecule has 1 unspecified atom stereocenters. The lowest BCUT2D eigenvalue weighted by molar-refractivity contribution is 0.341. The van der Waals surface area contributed by atoms with Gasteiger partial charge in [0.25, 0.3) is 0 Å². The lowest BCUT2D eigenvalue weighted by atomic mass is 9.78. The number of nitrogens with zero attached hydrogens (tertiary/aromatic N) is 1. The van der Waals surface area contributed by atoms with Gasteiger partial charge in [-0.2, -0.15) is 5.26 Å². The first-order valence-corrected chi connectivity index (χ1v) is 8.80. The Morgan fingerprint density at radius 2 is 2.04 bits per heavy atom. The van der Waals surface area contributed by atoms with Crippen molar-refractivity contribution in [2.24, 2.45) is 0 Å². The molecule has 2 aromatic rings. The molecule has 1 atom stereocenters. The van der Waals surface area contributed by atoms with Crippen molar-refractivity contribution >= 4 is 23.2 Å². The van der Waals surface area contributed by atoms with E-state index >= 15 is 0 Å². The molecule has 3 rings (SSSR count). The van der Waals surface area contributed by atoms with Crippen molar-refractivity contribution in [2.45, 2.75) is 25.2 Å². The number of nitriles is 1. The van der Waals surface area contributed by atoms with E-state index in [9.17, 15) is 10.4 Å². The molecule has 2 aromatic carbocycles. The minimum Gasteiger partial charge on any atom is -0.508 e. The molecule has 0 bridgehead atoms. The van der Waals surface area contributed by atoms with Crippen LogP contribution < -0.4 is 4.74 Å². The van der Waals surface area contributed by atoms with Gasteiger partial charge in [0.15, 0.2) is 5.75 Å². The number of ether oxygens (including phenoxy) is 1. The van der Waals surface area contributed by atoms with Crippen molar-refractivity contribution in [2.75, 3.05) is 12.5 Å². The predicted molar refractivity (Wildman–Crippen MR) is 95.3 cm³/mol. The maximum Gasteiger partial charge on any atom is 0.155 e. The van der Waals surface area contributed by atoms with Crippen LogP contribution in [0.4, 0.5) is 0 Å². The first kappa shape index (κ1) is 17.0. The molecular formula is C19H17Cl2NO2. The molecule has 124 valence electrons. The summed E-state index contributed by atoms with van der Waals surface area (Å²) in [7, 11) is 0. The van der Waals surface area contributed by atoms with Gasteiger partial charge in [-0.25, -0.2) is 0 Å². The molecule has 1 aliphatic carbocycles. The minimum absolute atomic E-state index is 0.168. The van der Waals surface area contributed by atoms with E-state index < -0.39 is 0 Å². The lowest BCUT2D eigenvalue weighted by Crippen LogP contribution is -2.13. The second kappa shape index (κ2) is 7.34. The third-order valence-electron chi connectivity index (χ3n) is 4.39. The summed E-state index contributed by atoms with van der Waals surface area (Å²) >= 11 is 12.3. The summed E-state index contributed by atoms with van der Waals surface area (Å²) in [4.78, 5) is 0. The summed E-state index contributed by atoms with van der Waals surface area (Å²) in [5.41, 5.74) is 3.67. The van der Waals surface area contributed by atoms with E-state index in [1.54, 1.807) is 12.1 Å². The fourth-order valence-corrected chi connectivity index (χ4v) is 3.75. The van der Waals surface area contributed by atoms with Gasteiger partial charge in [-0.1, -0.05) is 23.7 Å². The molecule has 0 saturated carbocycles. The number of halogens is 2. The van der Waals surface area contributed by atoms with Crippen LogP contribution >= 0.6 is 23.2 Å². The van der Waals surface area contributed by atoms with E-state index in [4.69, 9.17) is 27.9 Å². The van der Waals surface area contributed by atoms with E-state index in [-0.39, 0.29) is 11.7 Å². The van der Waals surface area contributed by atoms with Crippen LogP contribution in [0.1, 0.15) is 41.0 Å². The molecule has 0 spiro atoms. The Morgan fingerprint density at radius 3 is 2.71 bits per heavy atom. The number of aromatic hydroxyl groups is 1. The van der Waals surface area contributed by atoms with Crippen LogP contribution in [-0.4, -0.2) is 17.6 Å². The zero-order valence-electron chi connectivity index (χ0n) is 13.1. The van der Waals surface area contributed by atoms with Gasteiger partial charge < -0.3 is 9.84 Å². The highest BCUT2D eigenvalue weighted by Gasteiger charge is 2.27. The van der Waals surface area contributed by atoms with Gasteiger partial charge in [0.05, 0.1) is 16.5 Å². The third kappa shape index (κ3) is 3.17. The van der Waals surface area contributed by atoms with Crippen molar-refractivity contribution in [1.82, 2.24) is 0 Å². The Hall–Kier alpha value is -1.89. The second-order valence-electron chi connectivity index (χ2n) is 5.82. The SMILES string of the molecule is N#Cc1cc2c(c(Cl)c1OCCCl)CCCC2c1ccc(O)cc1. The number of phenolic OH excluding ortho intramolecular Hbond substituents is 1. The zero-order chi connectivity index (χ0) is 17.1. The van der Waals surface area contributed by atoms with Gasteiger partial charge in [0.1, 0.15) is 18.4 Å². The molecule has 0 radical (unpaired) electrons. The first-order chi connectivity index (χ1) is 11.7. The molecule has 1 N–H and O–H groups in total. The average molecular weight is 362 g/mol. The third-order valence-corrected chi connectivity index (χ3v) is 4.95. The van der Waals surface area contributed by atoms with Crippen LogP contribution in [0.3, 0.4) is 0 Å². The summed E-state index contributed by atoms with van der Waals surface area (Å²) in [5.74, 6) is 1.19. The number of alkyl halides is 1. The van der Waals surface area contributed by atoms with Crippen molar-refractivity contribution < 1.29 is 9.84 Å². The average Bonchev–Trinajstić information content (AvgIpc) is 2.61. The van der Waals surface area contributed by atoms with Gasteiger partial charge in [-0.05, 0) is 54.2 Å². The minimum atomic E-state index is 0.168. The topological polar surface area (TPSA) is 53.2 Å². The molecule has 1 aliphatic rings. The van der Waals surface area contributed by atoms with Gasteiger partial charge in [0, 0.05) is 5.92 Å². The number of benzene rings is 2. The zero-order valence-corrected chi connectivity index (χ0v) is 14.6. The van der Waals surface area contributed by atoms with Crippen LogP contribution in [0.15, 0.2) is 30.3 Å². The Kier molecular flexibility index (Phi) is 5.18. The standard InChI is InChI=1S/C19H17Cl2NO2/c20-8-9-24-19-13(11-22)10-17-15(2-1-3-16(17)18(19)21)12-4-6-14(23)7-5-12/h4-7,10,15,23H,1-3,8-9H2. The number of phenols is 1. The summed E-state index contributed by atoms with van der Waals surface area (Å²) in [5, 5.41) is 19.5. The summed E-state index contributed by atoms with van der Waals surface area (Å²) < 4.78 is 5.61. The van der Waals surface area contributed by atoms with Gasteiger partial charge in [0.2, 0.25) is 0 Å². The molecule has 0 saturated heterocycles. The molecule has 0 amide bonds. The number of hydrogen-bond acceptors (Lipinski definition) is 3. The fourth-order valence-electron chi connectivity index (χ4n) is 3.31. The summed E-state index contributed by atoms with van der Waals surface area (Å²) in [6, 6.07) is 11.3. The van der Waals surface area contributed by atoms with Crippen molar-refractivity contribution in [3.8, 4) is 17.6 Å². The Labute approximate surface area is 151 Å². The fraction of sp³-hybridized carbons (Fsp3) is 0.316. The molecule has 3 nitrogen and oxygen atoms in total. The van der Waals surface area contributed by atoms with Crippen LogP contribution in [0.25, 0.3) is 0 Å². The van der Waals surface area contributed by atoms with Crippen molar-refractivity contribution in [1.29, 1.82) is 5.26 Å². The first-order valence-electron chi connectivity index (χ1n) is 7.88. The van der Waals surface area contributed by atoms with Crippen LogP contribution in [-0.2, 0) is 6.42 Å². The Morgan fingerprint density at radius 1 is 1.29 bits per heavy atom. The largest absolute Gasteiger partial charge is 0.508 e. The summed E-state index contributed by atoms with van der Waals surface area (Å²) in [6.07, 6.45) is 2.87. The van der Waals surface area contributed by atoms with Crippen molar-refractivity contribution in [3.63, 3.8) is 0 Å². The second-order valence-corrected chi connectivity index (χ2v) is 6.58. The molecule has 5 heteroatoms. The van der Waals surface area contributed by atoms with E-state index in [2.05, 4.69) is 6.07 Å². The van der Waals surface area contributed by atoms with Gasteiger partial charge in [-0.15, -0.1) is 11.6 Å². The molecule has 0 aromatic heterocycles. The highest BCUT2D eigenvalue weighted by molar-refractivity contribution is 6.33. The Balaban J connectivity index is 2.09. The molecule has 24 heavy (non-hydrogen) atoms. The van der Waals surface area contributed by atoms with E-state index in [0.29, 0.717) is 28.8 Å². The monoisotopic (exact) mass is 361 g/mol. The van der Waals surface area contributed by atoms with Gasteiger partial charge in [-0.3, -0.25) is 0 Å². The number of fused-ring (bicyclic) bond motifs is 1. The summed E-state index contributed by atoms with van der Waals surface area (Å²) in [6.45, 7) is 0.316. The Bertz CT molecular complexity index is 781. The van der Waals surface area contributed by atoms with Crippen LogP contribution in [0.5, 0.6) is 11.5 Å². The van der Waals surface area contributed by atoms with Crippen LogP contribution in [0.2, 0.25) is 5.02 Å². The smallest absolute Gasteiger partial charge is 0.155 e. The van der Waals surface area contributed by atoms with E-state index in [1.165, 1.54) is 0 Å². The quantitative estimate of drug-likeness (QED) is 0.779. The van der Waals surface area contributed by atoms with Gasteiger partial charge >= 0.3 is 0 Å². The molecular weight excluding hydrogens is 345 g/mol. The number of hydrogen-bond donors (Lipinski definition) is 1. The van der Waals surface area contributed by atoms with Crippen LogP contribution in [0, 0.1) is 11.3 Å². The van der Waals surface area contributed by atoms with Crippen molar-refractivity contribution in [3.05, 3.63) is 57.6 Å². The molecule has 0 heterocycles. The maximum atomic E-state index is 9.50. The predicted octanol–water partition coefficient (Wildman–Crippen LogP) is 5.00. The molecule has 0 fully saturated rings.